The van der Waals surface area contributed by atoms with Crippen molar-refractivity contribution in [2.75, 3.05) is 18.4 Å². The number of carbonyl (C=O) groups is 2. The highest BCUT2D eigenvalue weighted by molar-refractivity contribution is 6.30. The van der Waals surface area contributed by atoms with Gasteiger partial charge in [0, 0.05) is 22.8 Å². The van der Waals surface area contributed by atoms with Gasteiger partial charge in [-0.2, -0.15) is 0 Å². The summed E-state index contributed by atoms with van der Waals surface area (Å²) in [7, 11) is 0. The molecule has 0 radical (unpaired) electrons. The molecule has 0 aliphatic carbocycles. The predicted octanol–water partition coefficient (Wildman–Crippen LogP) is 3.59. The van der Waals surface area contributed by atoms with Crippen molar-refractivity contribution in [2.24, 2.45) is 0 Å². The van der Waals surface area contributed by atoms with E-state index in [0.29, 0.717) is 35.7 Å². The molecule has 1 aliphatic heterocycles. The molecule has 0 spiro atoms. The van der Waals surface area contributed by atoms with Crippen LogP contribution in [-0.2, 0) is 10.4 Å². The second kappa shape index (κ2) is 7.94. The largest absolute Gasteiger partial charge is 0.383 e. The number of β-amino-alcohol motifs (C(OH)–C–C–N with tert-alkyl or cyclic N) is 1. The van der Waals surface area contributed by atoms with Gasteiger partial charge in [0.15, 0.2) is 0 Å². The van der Waals surface area contributed by atoms with Crippen LogP contribution in [0.3, 0.4) is 0 Å². The first-order chi connectivity index (χ1) is 12.9. The summed E-state index contributed by atoms with van der Waals surface area (Å²) in [6, 6.07) is 13.8. The van der Waals surface area contributed by atoms with E-state index in [1.54, 1.807) is 53.4 Å². The van der Waals surface area contributed by atoms with Crippen molar-refractivity contribution in [3.8, 4) is 0 Å². The Kier molecular flexibility index (Phi) is 5.63. The lowest BCUT2D eigenvalue weighted by Gasteiger charge is -2.39. The van der Waals surface area contributed by atoms with Crippen molar-refractivity contribution in [2.45, 2.75) is 18.4 Å². The minimum absolute atomic E-state index is 0.149. The van der Waals surface area contributed by atoms with Crippen molar-refractivity contribution in [1.82, 2.24) is 4.90 Å². The van der Waals surface area contributed by atoms with Crippen LogP contribution in [0, 0.1) is 0 Å². The summed E-state index contributed by atoms with van der Waals surface area (Å²) in [5.74, 6) is -0.457. The zero-order valence-corrected chi connectivity index (χ0v) is 15.6. The number of aliphatic hydroxyl groups is 1. The summed E-state index contributed by atoms with van der Waals surface area (Å²) in [5.41, 5.74) is 0.766. The highest BCUT2D eigenvalue weighted by atomic mass is 35.5. The Morgan fingerprint density at radius 2 is 1.81 bits per heavy atom. The molecular formula is C21H21ClN2O3. The summed E-state index contributed by atoms with van der Waals surface area (Å²) in [5, 5.41) is 14.3. The van der Waals surface area contributed by atoms with E-state index in [4.69, 9.17) is 11.6 Å². The molecule has 0 bridgehead atoms. The Bertz CT molecular complexity index is 849. The second-order valence-corrected chi connectivity index (χ2v) is 7.08. The van der Waals surface area contributed by atoms with Crippen LogP contribution in [-0.4, -0.2) is 34.9 Å². The van der Waals surface area contributed by atoms with Gasteiger partial charge in [0.25, 0.3) is 5.91 Å². The monoisotopic (exact) mass is 384 g/mol. The van der Waals surface area contributed by atoms with Crippen molar-refractivity contribution in [1.29, 1.82) is 0 Å². The van der Waals surface area contributed by atoms with Crippen molar-refractivity contribution < 1.29 is 14.7 Å². The Balaban J connectivity index is 1.73. The Morgan fingerprint density at radius 3 is 2.44 bits per heavy atom. The first kappa shape index (κ1) is 19.1. The number of benzene rings is 2. The number of piperidine rings is 1. The number of rotatable bonds is 4. The van der Waals surface area contributed by atoms with Gasteiger partial charge in [0.2, 0.25) is 5.91 Å². The summed E-state index contributed by atoms with van der Waals surface area (Å²) < 4.78 is 0. The van der Waals surface area contributed by atoms with E-state index < -0.39 is 5.60 Å². The normalized spacial score (nSPS) is 19.4. The Labute approximate surface area is 163 Å². The number of hydrogen-bond acceptors (Lipinski definition) is 3. The fourth-order valence-electron chi connectivity index (χ4n) is 3.28. The van der Waals surface area contributed by atoms with Gasteiger partial charge in [0.05, 0.1) is 6.54 Å². The third-order valence-corrected chi connectivity index (χ3v) is 4.98. The predicted molar refractivity (Wildman–Crippen MR) is 106 cm³/mol. The quantitative estimate of drug-likeness (QED) is 0.791. The molecule has 1 unspecified atom stereocenters. The summed E-state index contributed by atoms with van der Waals surface area (Å²) >= 11 is 5.93. The fourth-order valence-corrected chi connectivity index (χ4v) is 3.40. The summed E-state index contributed by atoms with van der Waals surface area (Å²) in [6.07, 6.45) is 2.48. The van der Waals surface area contributed by atoms with Crippen molar-refractivity contribution >= 4 is 29.1 Å². The summed E-state index contributed by atoms with van der Waals surface area (Å²) in [4.78, 5) is 25.8. The molecule has 0 aromatic heterocycles. The van der Waals surface area contributed by atoms with Gasteiger partial charge < -0.3 is 15.3 Å². The van der Waals surface area contributed by atoms with E-state index in [0.717, 1.165) is 5.56 Å². The number of nitrogens with one attached hydrogen (secondary N) is 1. The molecule has 6 heteroatoms. The number of likely N-dealkylation sites (tertiary alicyclic amines) is 1. The van der Waals surface area contributed by atoms with Crippen LogP contribution >= 0.6 is 11.6 Å². The van der Waals surface area contributed by atoms with Gasteiger partial charge in [-0.15, -0.1) is 0 Å². The molecule has 1 aliphatic rings. The van der Waals surface area contributed by atoms with Gasteiger partial charge in [-0.25, -0.2) is 0 Å². The number of carbonyl (C=O) groups excluding carboxylic acids is 2. The molecule has 2 amide bonds. The molecule has 140 valence electrons. The molecule has 1 heterocycles. The van der Waals surface area contributed by atoms with E-state index in [1.807, 2.05) is 0 Å². The molecule has 27 heavy (non-hydrogen) atoms. The van der Waals surface area contributed by atoms with E-state index in [9.17, 15) is 14.7 Å². The van der Waals surface area contributed by atoms with Gasteiger partial charge in [-0.1, -0.05) is 30.3 Å². The maximum Gasteiger partial charge on any atom is 0.253 e. The maximum atomic E-state index is 12.9. The molecule has 5 nitrogen and oxygen atoms in total. The molecule has 1 atom stereocenters. The minimum Gasteiger partial charge on any atom is -0.383 e. The topological polar surface area (TPSA) is 69.6 Å². The molecule has 2 aromatic rings. The standard InChI is InChI=1S/C21H21ClN2O3/c1-2-19(25)23-18-10-4-15(5-11-18)20(26)24-13-3-12-21(27,14-24)16-6-8-17(22)9-7-16/h2,4-11,27H,1,3,12-14H2,(H,23,25). The third kappa shape index (κ3) is 4.38. The lowest BCUT2D eigenvalue weighted by atomic mass is 9.85. The van der Waals surface area contributed by atoms with Crippen LogP contribution in [0.15, 0.2) is 61.2 Å². The SMILES string of the molecule is C=CC(=O)Nc1ccc(C(=O)N2CCCC(O)(c3ccc(Cl)cc3)C2)cc1. The molecular weight excluding hydrogens is 364 g/mol. The van der Waals surface area contributed by atoms with Crippen LogP contribution in [0.2, 0.25) is 5.02 Å². The van der Waals surface area contributed by atoms with Gasteiger partial charge in [0.1, 0.15) is 5.60 Å². The zero-order valence-electron chi connectivity index (χ0n) is 14.8. The smallest absolute Gasteiger partial charge is 0.253 e. The van der Waals surface area contributed by atoms with Crippen LogP contribution in [0.1, 0.15) is 28.8 Å². The fraction of sp³-hybridized carbons (Fsp3) is 0.238. The second-order valence-electron chi connectivity index (χ2n) is 6.64. The molecule has 3 rings (SSSR count). The Morgan fingerprint density at radius 1 is 1.15 bits per heavy atom. The summed E-state index contributed by atoms with van der Waals surface area (Å²) in [6.45, 7) is 4.21. The van der Waals surface area contributed by atoms with Crippen LogP contribution in [0.4, 0.5) is 5.69 Å². The molecule has 0 saturated carbocycles. The zero-order chi connectivity index (χ0) is 19.4. The van der Waals surface area contributed by atoms with Gasteiger partial charge in [-0.3, -0.25) is 9.59 Å². The van der Waals surface area contributed by atoms with E-state index in [1.165, 1.54) is 6.08 Å². The average molecular weight is 385 g/mol. The van der Waals surface area contributed by atoms with Crippen LogP contribution in [0.25, 0.3) is 0 Å². The average Bonchev–Trinajstić information content (AvgIpc) is 2.68. The number of anilines is 1. The lowest BCUT2D eigenvalue weighted by Crippen LogP contribution is -2.48. The van der Waals surface area contributed by atoms with Crippen LogP contribution < -0.4 is 5.32 Å². The number of hydrogen-bond donors (Lipinski definition) is 2. The highest BCUT2D eigenvalue weighted by Crippen LogP contribution is 2.32. The maximum absolute atomic E-state index is 12.9. The first-order valence-corrected chi connectivity index (χ1v) is 9.10. The van der Waals surface area contributed by atoms with Crippen LogP contribution in [0.5, 0.6) is 0 Å². The first-order valence-electron chi connectivity index (χ1n) is 8.72. The lowest BCUT2D eigenvalue weighted by molar-refractivity contribution is -0.111. The molecule has 2 N–H and O–H groups in total. The van der Waals surface area contributed by atoms with E-state index in [2.05, 4.69) is 11.9 Å². The highest BCUT2D eigenvalue weighted by Gasteiger charge is 2.36. The molecule has 1 saturated heterocycles. The van der Waals surface area contributed by atoms with Crippen molar-refractivity contribution in [3.63, 3.8) is 0 Å². The third-order valence-electron chi connectivity index (χ3n) is 4.72. The van der Waals surface area contributed by atoms with E-state index in [-0.39, 0.29) is 18.4 Å². The van der Waals surface area contributed by atoms with Gasteiger partial charge in [-0.05, 0) is 60.9 Å². The number of amides is 2. The molecule has 1 fully saturated rings. The van der Waals surface area contributed by atoms with E-state index >= 15 is 0 Å². The van der Waals surface area contributed by atoms with Gasteiger partial charge >= 0.3 is 0 Å². The minimum atomic E-state index is -1.09. The number of halogens is 1. The van der Waals surface area contributed by atoms with Crippen molar-refractivity contribution in [3.05, 3.63) is 77.3 Å². The Hall–Kier alpha value is -2.63. The number of nitrogens with zero attached hydrogens (tertiary/aromatic N) is 1. The molecule has 2 aromatic carbocycles.